The smallest absolute Gasteiger partial charge is 0.310 e. The maximum atomic E-state index is 8.49. The Hall–Kier alpha value is -1.07. The second-order valence-corrected chi connectivity index (χ2v) is 7.27. The van der Waals surface area contributed by atoms with Crippen molar-refractivity contribution in [1.29, 1.82) is 0 Å². The van der Waals surface area contributed by atoms with Crippen molar-refractivity contribution < 1.29 is 28.9 Å². The van der Waals surface area contributed by atoms with Gasteiger partial charge < -0.3 is 5.32 Å². The Bertz CT molecular complexity index is 640. The minimum atomic E-state index is -4.94. The van der Waals surface area contributed by atoms with Crippen LogP contribution >= 0.6 is 20.7 Å². The van der Waals surface area contributed by atoms with Gasteiger partial charge in [0, 0.05) is 21.0 Å². The first kappa shape index (κ1) is 17.3. The van der Waals surface area contributed by atoms with Crippen LogP contribution in [0.4, 0.5) is 10.8 Å². The number of benzene rings is 1. The summed E-state index contributed by atoms with van der Waals surface area (Å²) in [6.45, 7) is 2.32. The number of hydrogen-bond acceptors (Lipinski definition) is 8. The molecule has 2 aromatic rings. The molecule has 3 rings (SSSR count). The molecule has 0 radical (unpaired) electrons. The zero-order valence-corrected chi connectivity index (χ0v) is 13.8. The van der Waals surface area contributed by atoms with Crippen molar-refractivity contribution in [3.05, 3.63) is 35.1 Å². The molecule has 0 unspecified atom stereocenters. The van der Waals surface area contributed by atoms with E-state index in [0.29, 0.717) is 0 Å². The molecule has 2 heterocycles. The first-order valence-electron chi connectivity index (χ1n) is 6.41. The quantitative estimate of drug-likeness (QED) is 0.475. The number of para-hydroxylation sites is 1. The van der Waals surface area contributed by atoms with Crippen LogP contribution in [0.5, 0.6) is 0 Å². The van der Waals surface area contributed by atoms with Gasteiger partial charge in [-0.1, -0.05) is 18.2 Å². The summed E-state index contributed by atoms with van der Waals surface area (Å²) in [5, 5.41) is 4.33. The molecule has 1 saturated heterocycles. The van der Waals surface area contributed by atoms with Crippen LogP contribution in [-0.4, -0.2) is 18.1 Å². The molecule has 1 N–H and O–H groups in total. The van der Waals surface area contributed by atoms with Gasteiger partial charge in [-0.15, -0.1) is 10.2 Å². The van der Waals surface area contributed by atoms with Gasteiger partial charge in [-0.3, -0.25) is 0 Å². The van der Waals surface area contributed by atoms with E-state index < -0.39 is 10.2 Å². The number of nitrogens with zero attached hydrogens (tertiary/aromatic N) is 2. The Labute approximate surface area is 136 Å². The summed E-state index contributed by atoms with van der Waals surface area (Å²) in [7, 11) is -1.48. The van der Waals surface area contributed by atoms with Gasteiger partial charge >= 0.3 is 9.93 Å². The molecule has 0 aliphatic carbocycles. The van der Waals surface area contributed by atoms with Crippen molar-refractivity contribution >= 4 is 31.5 Å². The zero-order chi connectivity index (χ0) is 16.0. The lowest BCUT2D eigenvalue weighted by Crippen LogP contribution is -2.68. The molecule has 0 amide bonds. The van der Waals surface area contributed by atoms with Crippen LogP contribution < -0.4 is 33.3 Å². The number of rotatable bonds is 2. The summed E-state index contributed by atoms with van der Waals surface area (Å²) in [6, 6.07) is 10.2. The third-order valence-electron chi connectivity index (χ3n) is 2.79. The van der Waals surface area contributed by atoms with Crippen LogP contribution in [0.25, 0.3) is 0 Å². The zero-order valence-electron chi connectivity index (χ0n) is 11.4. The first-order chi connectivity index (χ1) is 10.4. The normalized spacial score (nSPS) is 14.5. The van der Waals surface area contributed by atoms with E-state index in [1.807, 2.05) is 18.2 Å². The van der Waals surface area contributed by atoms with Crippen molar-refractivity contribution in [3.8, 4) is 0 Å². The van der Waals surface area contributed by atoms with E-state index in [0.717, 1.165) is 28.7 Å². The first-order valence-corrected chi connectivity index (χ1v) is 9.79. The van der Waals surface area contributed by atoms with Crippen LogP contribution in [0, 0.1) is 10.2 Å². The van der Waals surface area contributed by atoms with E-state index in [1.54, 1.807) is 20.7 Å². The summed E-state index contributed by atoms with van der Waals surface area (Å²) in [6.07, 6.45) is 2.59. The van der Waals surface area contributed by atoms with Gasteiger partial charge in [0.15, 0.2) is 0 Å². The van der Waals surface area contributed by atoms with Gasteiger partial charge in [-0.05, 0) is 35.3 Å². The highest BCUT2D eigenvalue weighted by Gasteiger charge is 2.15. The van der Waals surface area contributed by atoms with E-state index in [2.05, 4.69) is 27.0 Å². The van der Waals surface area contributed by atoms with E-state index in [1.165, 1.54) is 12.8 Å². The predicted octanol–water partition coefficient (Wildman–Crippen LogP) is -2.24. The lowest BCUT2D eigenvalue weighted by atomic mass is 10.3. The Morgan fingerprint density at radius 1 is 1.00 bits per heavy atom. The average molecular weight is 364 g/mol. The minimum Gasteiger partial charge on any atom is -0.310 e. The van der Waals surface area contributed by atoms with Crippen molar-refractivity contribution in [1.82, 2.24) is 9.56 Å². The van der Waals surface area contributed by atoms with E-state index >= 15 is 0 Å². The van der Waals surface area contributed by atoms with Gasteiger partial charge in [0.1, 0.15) is 0 Å². The fraction of sp³-hybridized carbons (Fsp3) is 0.333. The summed E-state index contributed by atoms with van der Waals surface area (Å²) >= 11 is 0. The van der Waals surface area contributed by atoms with Crippen molar-refractivity contribution in [2.45, 2.75) is 12.8 Å². The maximum absolute atomic E-state index is 8.49. The predicted molar refractivity (Wildman–Crippen MR) is 74.0 cm³/mol. The van der Waals surface area contributed by atoms with Gasteiger partial charge in [-0.25, -0.2) is 23.2 Å². The molecule has 0 bridgehead atoms. The fourth-order valence-corrected chi connectivity index (χ4v) is 3.96. The molecule has 22 heavy (non-hydrogen) atoms. The molecule has 0 atom stereocenters. The third kappa shape index (κ3) is 6.36. The largest absolute Gasteiger partial charge is 0.390 e. The molecule has 1 aliphatic heterocycles. The van der Waals surface area contributed by atoms with Gasteiger partial charge in [0.2, 0.25) is 0 Å². The molecule has 1 aromatic heterocycles. The SMILES string of the molecule is [O-][Cl+3]([O-])([O-])[O-].c1ccc(Nc2nc(=[N+]3CCCC3)ss2)cc1. The van der Waals surface area contributed by atoms with E-state index in [9.17, 15) is 0 Å². The van der Waals surface area contributed by atoms with Crippen molar-refractivity contribution in [2.75, 3.05) is 18.4 Å². The summed E-state index contributed by atoms with van der Waals surface area (Å²) in [5.41, 5.74) is 1.10. The van der Waals surface area contributed by atoms with Crippen LogP contribution in [0.3, 0.4) is 0 Å². The van der Waals surface area contributed by atoms with Crippen LogP contribution in [0.2, 0.25) is 0 Å². The molecule has 0 saturated carbocycles. The topological polar surface area (TPSA) is 120 Å². The number of halogens is 1. The Morgan fingerprint density at radius 2 is 1.59 bits per heavy atom. The maximum Gasteiger partial charge on any atom is 0.390 e. The van der Waals surface area contributed by atoms with E-state index in [-0.39, 0.29) is 0 Å². The molecule has 1 fully saturated rings. The molecule has 10 heteroatoms. The number of hydrogen-bond donors (Lipinski definition) is 1. The fourth-order valence-electron chi connectivity index (χ4n) is 1.93. The minimum absolute atomic E-state index is 0.989. The summed E-state index contributed by atoms with van der Waals surface area (Å²) in [4.78, 5) is 5.80. The molecule has 0 spiro atoms. The Kier molecular flexibility index (Phi) is 6.26. The number of nitrogens with one attached hydrogen (secondary N) is 1. The van der Waals surface area contributed by atoms with Crippen LogP contribution in [0.1, 0.15) is 12.8 Å². The molecular weight excluding hydrogens is 350 g/mol. The number of aromatic nitrogens is 1. The molecule has 7 nitrogen and oxygen atoms in total. The van der Waals surface area contributed by atoms with Gasteiger partial charge in [0.05, 0.1) is 13.1 Å². The van der Waals surface area contributed by atoms with Crippen LogP contribution in [-0.2, 0) is 0 Å². The van der Waals surface area contributed by atoms with Gasteiger partial charge in [-0.2, -0.15) is 0 Å². The summed E-state index contributed by atoms with van der Waals surface area (Å²) < 4.78 is 36.3. The van der Waals surface area contributed by atoms with Crippen molar-refractivity contribution in [3.63, 3.8) is 0 Å². The Morgan fingerprint density at radius 3 is 2.18 bits per heavy atom. The van der Waals surface area contributed by atoms with Crippen molar-refractivity contribution in [2.24, 2.45) is 0 Å². The highest BCUT2D eigenvalue weighted by molar-refractivity contribution is 7.69. The third-order valence-corrected chi connectivity index (χ3v) is 4.90. The van der Waals surface area contributed by atoms with Gasteiger partial charge in [0.25, 0.3) is 0 Å². The lowest BCUT2D eigenvalue weighted by Gasteiger charge is -2.17. The molecule has 120 valence electrons. The monoisotopic (exact) mass is 363 g/mol. The standard InChI is InChI=1S/C12H13N3S2.ClHO4/c1-2-6-10(7-3-1)13-11-14-12(17-16-11)15-8-4-5-9-15;2-1(3,4)5/h1-3,6-7H,4-5,8-9H2;(H,2,3,4,5). The van der Waals surface area contributed by atoms with E-state index in [4.69, 9.17) is 18.6 Å². The molecule has 1 aliphatic rings. The molecule has 1 aromatic carbocycles. The highest BCUT2D eigenvalue weighted by atomic mass is 35.7. The highest BCUT2D eigenvalue weighted by Crippen LogP contribution is 2.19. The molecular formula is C12H14ClN3O4S2. The van der Waals surface area contributed by atoms with Crippen LogP contribution in [0.15, 0.2) is 30.3 Å². The Balaban J connectivity index is 0.000000309. The number of anilines is 2. The second kappa shape index (κ2) is 7.97. The lowest BCUT2D eigenvalue weighted by molar-refractivity contribution is -2.00. The summed E-state index contributed by atoms with van der Waals surface area (Å²) in [5.74, 6) is 0. The second-order valence-electron chi connectivity index (χ2n) is 4.43. The average Bonchev–Trinajstić information content (AvgIpc) is 3.08.